The van der Waals surface area contributed by atoms with Crippen molar-refractivity contribution in [2.45, 2.75) is 39.0 Å². The summed E-state index contributed by atoms with van der Waals surface area (Å²) < 4.78 is 0. The topological polar surface area (TPSA) is 105 Å². The van der Waals surface area contributed by atoms with E-state index in [2.05, 4.69) is 15.5 Å². The molecule has 0 bridgehead atoms. The molecule has 8 heteroatoms. The standard InChI is InChI=1S/C12H19N3O5/c1-2-9(16)13-7-3-4-8-14-12(19)20-15-10(17)5-6-11(15)18/h2-8H2,1H3,(H,13,16)(H,14,19). The van der Waals surface area contributed by atoms with E-state index >= 15 is 0 Å². The summed E-state index contributed by atoms with van der Waals surface area (Å²) in [7, 11) is 0. The zero-order valence-corrected chi connectivity index (χ0v) is 11.4. The van der Waals surface area contributed by atoms with Crippen molar-refractivity contribution in [1.82, 2.24) is 15.7 Å². The van der Waals surface area contributed by atoms with Gasteiger partial charge in [0.05, 0.1) is 0 Å². The van der Waals surface area contributed by atoms with Crippen molar-refractivity contribution in [2.24, 2.45) is 0 Å². The first kappa shape index (κ1) is 15.9. The molecule has 1 heterocycles. The molecular weight excluding hydrogens is 266 g/mol. The van der Waals surface area contributed by atoms with Gasteiger partial charge < -0.3 is 15.5 Å². The average molecular weight is 285 g/mol. The Morgan fingerprint density at radius 1 is 1.10 bits per heavy atom. The molecule has 0 saturated carbocycles. The minimum absolute atomic E-state index is 0.0107. The van der Waals surface area contributed by atoms with E-state index < -0.39 is 17.9 Å². The lowest BCUT2D eigenvalue weighted by Gasteiger charge is -2.13. The zero-order chi connectivity index (χ0) is 15.0. The summed E-state index contributed by atoms with van der Waals surface area (Å²) in [5.74, 6) is -1.02. The van der Waals surface area contributed by atoms with Crippen molar-refractivity contribution >= 4 is 23.8 Å². The molecule has 0 radical (unpaired) electrons. The molecule has 112 valence electrons. The van der Waals surface area contributed by atoms with E-state index in [1.54, 1.807) is 6.92 Å². The molecule has 0 aromatic rings. The van der Waals surface area contributed by atoms with Crippen LogP contribution in [0.3, 0.4) is 0 Å². The van der Waals surface area contributed by atoms with Crippen LogP contribution in [0.5, 0.6) is 0 Å². The van der Waals surface area contributed by atoms with Crippen LogP contribution in [0.2, 0.25) is 0 Å². The third-order valence-corrected chi connectivity index (χ3v) is 2.70. The molecule has 8 nitrogen and oxygen atoms in total. The highest BCUT2D eigenvalue weighted by Crippen LogP contribution is 2.11. The lowest BCUT2D eigenvalue weighted by atomic mass is 10.3. The third-order valence-electron chi connectivity index (χ3n) is 2.70. The highest BCUT2D eigenvalue weighted by molar-refractivity contribution is 6.01. The first-order valence-electron chi connectivity index (χ1n) is 6.63. The number of nitrogens with one attached hydrogen (secondary N) is 2. The Morgan fingerprint density at radius 2 is 1.65 bits per heavy atom. The van der Waals surface area contributed by atoms with Gasteiger partial charge in [0.15, 0.2) is 0 Å². The SMILES string of the molecule is CCC(=O)NCCCCNC(=O)ON1C(=O)CCC1=O. The van der Waals surface area contributed by atoms with Crippen LogP contribution < -0.4 is 10.6 Å². The summed E-state index contributed by atoms with van der Waals surface area (Å²) in [5.41, 5.74) is 0. The van der Waals surface area contributed by atoms with Gasteiger partial charge in [0, 0.05) is 32.4 Å². The van der Waals surface area contributed by atoms with Gasteiger partial charge in [0.2, 0.25) is 5.91 Å². The lowest BCUT2D eigenvalue weighted by Crippen LogP contribution is -2.37. The van der Waals surface area contributed by atoms with Crippen LogP contribution >= 0.6 is 0 Å². The van der Waals surface area contributed by atoms with Crippen LogP contribution in [-0.2, 0) is 19.2 Å². The van der Waals surface area contributed by atoms with E-state index in [0.29, 0.717) is 37.4 Å². The van der Waals surface area contributed by atoms with Crippen LogP contribution in [0.15, 0.2) is 0 Å². The zero-order valence-electron chi connectivity index (χ0n) is 11.4. The van der Waals surface area contributed by atoms with E-state index in [-0.39, 0.29) is 18.7 Å². The smallest absolute Gasteiger partial charge is 0.356 e. The Labute approximate surface area is 116 Å². The molecule has 1 aliphatic rings. The minimum Gasteiger partial charge on any atom is -0.356 e. The lowest BCUT2D eigenvalue weighted by molar-refractivity contribution is -0.171. The molecule has 1 fully saturated rings. The maximum Gasteiger partial charge on any atom is 0.432 e. The van der Waals surface area contributed by atoms with Crippen molar-refractivity contribution in [1.29, 1.82) is 0 Å². The van der Waals surface area contributed by atoms with Crippen LogP contribution in [-0.4, -0.2) is 42.0 Å². The monoisotopic (exact) mass is 285 g/mol. The van der Waals surface area contributed by atoms with Crippen molar-refractivity contribution in [3.8, 4) is 0 Å². The quantitative estimate of drug-likeness (QED) is 0.509. The first-order chi connectivity index (χ1) is 9.54. The van der Waals surface area contributed by atoms with Crippen LogP contribution in [0.25, 0.3) is 0 Å². The van der Waals surface area contributed by atoms with E-state index in [9.17, 15) is 19.2 Å². The van der Waals surface area contributed by atoms with Gasteiger partial charge in [0.1, 0.15) is 0 Å². The maximum atomic E-state index is 11.3. The molecule has 1 rings (SSSR count). The second-order valence-corrected chi connectivity index (χ2v) is 4.30. The molecule has 0 aromatic heterocycles. The molecular formula is C12H19N3O5. The molecule has 20 heavy (non-hydrogen) atoms. The molecule has 1 saturated heterocycles. The van der Waals surface area contributed by atoms with Gasteiger partial charge in [-0.25, -0.2) is 4.79 Å². The summed E-state index contributed by atoms with van der Waals surface area (Å²) in [6.07, 6.45) is 1.13. The second kappa shape index (κ2) is 8.13. The second-order valence-electron chi connectivity index (χ2n) is 4.30. The highest BCUT2D eigenvalue weighted by atomic mass is 16.7. The third kappa shape index (κ3) is 5.25. The fourth-order valence-corrected chi connectivity index (χ4v) is 1.57. The number of imide groups is 1. The number of carbonyl (C=O) groups is 4. The van der Waals surface area contributed by atoms with Crippen LogP contribution in [0, 0.1) is 0 Å². The number of nitrogens with zero attached hydrogens (tertiary/aromatic N) is 1. The summed E-state index contributed by atoms with van der Waals surface area (Å²) in [6, 6.07) is 0. The number of hydrogen-bond acceptors (Lipinski definition) is 5. The van der Waals surface area contributed by atoms with Crippen molar-refractivity contribution in [3.63, 3.8) is 0 Å². The Kier molecular flexibility index (Phi) is 6.48. The van der Waals surface area contributed by atoms with E-state index in [0.717, 1.165) is 0 Å². The molecule has 1 aliphatic heterocycles. The number of rotatable bonds is 7. The van der Waals surface area contributed by atoms with Crippen LogP contribution in [0.4, 0.5) is 4.79 Å². The summed E-state index contributed by atoms with van der Waals surface area (Å²) >= 11 is 0. The molecule has 0 aliphatic carbocycles. The van der Waals surface area contributed by atoms with Gasteiger partial charge in [-0.3, -0.25) is 14.4 Å². The Bertz CT molecular complexity index is 381. The van der Waals surface area contributed by atoms with E-state index in [1.165, 1.54) is 0 Å². The Balaban J connectivity index is 2.07. The number of amides is 4. The van der Waals surface area contributed by atoms with Gasteiger partial charge in [-0.15, -0.1) is 5.06 Å². The fourth-order valence-electron chi connectivity index (χ4n) is 1.57. The van der Waals surface area contributed by atoms with Crippen molar-refractivity contribution < 1.29 is 24.0 Å². The molecule has 0 unspecified atom stereocenters. The van der Waals surface area contributed by atoms with E-state index in [4.69, 9.17) is 0 Å². The Morgan fingerprint density at radius 3 is 2.20 bits per heavy atom. The maximum absolute atomic E-state index is 11.3. The van der Waals surface area contributed by atoms with Gasteiger partial charge >= 0.3 is 6.09 Å². The molecule has 0 spiro atoms. The predicted molar refractivity (Wildman–Crippen MR) is 68.1 cm³/mol. The molecule has 4 amide bonds. The number of unbranched alkanes of at least 4 members (excludes halogenated alkanes) is 1. The van der Waals surface area contributed by atoms with Crippen molar-refractivity contribution in [2.75, 3.05) is 13.1 Å². The van der Waals surface area contributed by atoms with E-state index in [1.807, 2.05) is 0 Å². The molecule has 0 aromatic carbocycles. The van der Waals surface area contributed by atoms with Gasteiger partial charge in [-0.05, 0) is 12.8 Å². The normalized spacial score (nSPS) is 14.3. The highest BCUT2D eigenvalue weighted by Gasteiger charge is 2.32. The number of hydroxylamine groups is 2. The first-order valence-corrected chi connectivity index (χ1v) is 6.63. The predicted octanol–water partition coefficient (Wildman–Crippen LogP) is 0.0830. The summed E-state index contributed by atoms with van der Waals surface area (Å²) in [5, 5.41) is 5.64. The largest absolute Gasteiger partial charge is 0.432 e. The minimum atomic E-state index is -0.828. The number of carbonyl (C=O) groups excluding carboxylic acids is 4. The number of hydrogen-bond donors (Lipinski definition) is 2. The fraction of sp³-hybridized carbons (Fsp3) is 0.667. The summed E-state index contributed by atoms with van der Waals surface area (Å²) in [6.45, 7) is 2.66. The molecule has 0 atom stereocenters. The average Bonchev–Trinajstić information content (AvgIpc) is 2.74. The van der Waals surface area contributed by atoms with Crippen molar-refractivity contribution in [3.05, 3.63) is 0 Å². The van der Waals surface area contributed by atoms with Crippen LogP contribution in [0.1, 0.15) is 39.0 Å². The van der Waals surface area contributed by atoms with Gasteiger partial charge in [-0.1, -0.05) is 6.92 Å². The Hall–Kier alpha value is -2.12. The van der Waals surface area contributed by atoms with Gasteiger partial charge in [0.25, 0.3) is 11.8 Å². The van der Waals surface area contributed by atoms with Gasteiger partial charge in [-0.2, -0.15) is 0 Å². The summed E-state index contributed by atoms with van der Waals surface area (Å²) in [4.78, 5) is 49.3. The molecule has 2 N–H and O–H groups in total.